The van der Waals surface area contributed by atoms with Gasteiger partial charge in [0.15, 0.2) is 11.6 Å². The van der Waals surface area contributed by atoms with Gasteiger partial charge in [-0.3, -0.25) is 4.79 Å². The summed E-state index contributed by atoms with van der Waals surface area (Å²) in [6.45, 7) is 16.6. The minimum absolute atomic E-state index is 0.131. The van der Waals surface area contributed by atoms with E-state index in [1.54, 1.807) is 0 Å². The predicted molar refractivity (Wildman–Crippen MR) is 118 cm³/mol. The van der Waals surface area contributed by atoms with Crippen molar-refractivity contribution in [3.63, 3.8) is 0 Å². The van der Waals surface area contributed by atoms with Crippen LogP contribution in [-0.4, -0.2) is 17.2 Å². The molecule has 0 aromatic heterocycles. The van der Waals surface area contributed by atoms with E-state index in [1.807, 2.05) is 31.2 Å². The lowest BCUT2D eigenvalue weighted by Crippen LogP contribution is -2.28. The van der Waals surface area contributed by atoms with Gasteiger partial charge in [0, 0.05) is 22.3 Å². The Morgan fingerprint density at radius 1 is 0.786 bits per heavy atom. The Balaban J connectivity index is 2.21. The van der Waals surface area contributed by atoms with Crippen LogP contribution >= 0.6 is 0 Å². The zero-order valence-electron chi connectivity index (χ0n) is 18.3. The maximum atomic E-state index is 13.1. The van der Waals surface area contributed by atoms with Crippen LogP contribution in [0.3, 0.4) is 0 Å². The first-order chi connectivity index (χ1) is 12.9. The molecule has 0 saturated heterocycles. The van der Waals surface area contributed by atoms with Crippen molar-refractivity contribution in [3.05, 3.63) is 70.1 Å². The second-order valence-electron chi connectivity index (χ2n) is 9.70. The van der Waals surface area contributed by atoms with E-state index in [0.717, 1.165) is 33.7 Å². The lowest BCUT2D eigenvalue weighted by molar-refractivity contribution is -0.114. The number of allylic oxidation sites excluding steroid dienone is 5. The number of nitrogens with zero attached hydrogens (tertiary/aromatic N) is 2. The van der Waals surface area contributed by atoms with Gasteiger partial charge in [0.1, 0.15) is 0 Å². The van der Waals surface area contributed by atoms with Gasteiger partial charge in [-0.15, -0.1) is 0 Å². The van der Waals surface area contributed by atoms with E-state index in [1.165, 1.54) is 5.56 Å². The van der Waals surface area contributed by atoms with Gasteiger partial charge in [-0.2, -0.15) is 0 Å². The summed E-state index contributed by atoms with van der Waals surface area (Å²) in [5, 5.41) is 0. The molecule has 1 aromatic carbocycles. The number of aliphatic imine (C=N–C) groups is 2. The lowest BCUT2D eigenvalue weighted by Gasteiger charge is -2.31. The second kappa shape index (κ2) is 6.80. The molecule has 1 heterocycles. The van der Waals surface area contributed by atoms with Gasteiger partial charge < -0.3 is 0 Å². The number of ketones is 1. The van der Waals surface area contributed by atoms with Crippen molar-refractivity contribution in [3.8, 4) is 0 Å². The van der Waals surface area contributed by atoms with Crippen molar-refractivity contribution in [1.82, 2.24) is 0 Å². The molecule has 0 radical (unpaired) electrons. The summed E-state index contributed by atoms with van der Waals surface area (Å²) >= 11 is 0. The molecule has 3 heteroatoms. The highest BCUT2D eigenvalue weighted by Crippen LogP contribution is 2.40. The number of carbonyl (C=O) groups excluding carboxylic acids is 1. The standard InChI is InChI=1S/C25H30N2O/c1-15-11-9-10-12-18(15)21-16(2)26-23(27-21)17-13-19(24(3,4)5)22(28)20(14-17)25(6,7)8/h9-14H,1-8H3. The number of benzene rings is 1. The molecule has 0 N–H and O–H groups in total. The molecule has 0 atom stereocenters. The minimum Gasteiger partial charge on any atom is -0.289 e. The van der Waals surface area contributed by atoms with E-state index in [9.17, 15) is 4.79 Å². The molecule has 0 saturated carbocycles. The molecular weight excluding hydrogens is 344 g/mol. The maximum Gasteiger partial charge on any atom is 0.186 e. The summed E-state index contributed by atoms with van der Waals surface area (Å²) in [4.78, 5) is 22.8. The quantitative estimate of drug-likeness (QED) is 0.594. The molecule has 28 heavy (non-hydrogen) atoms. The van der Waals surface area contributed by atoms with Crippen molar-refractivity contribution >= 4 is 17.2 Å². The molecule has 1 aliphatic carbocycles. The highest BCUT2D eigenvalue weighted by molar-refractivity contribution is 6.49. The Morgan fingerprint density at radius 2 is 1.32 bits per heavy atom. The first kappa shape index (κ1) is 20.2. The number of aryl methyl sites for hydroxylation is 1. The van der Waals surface area contributed by atoms with E-state index < -0.39 is 0 Å². The van der Waals surface area contributed by atoms with Gasteiger partial charge in [0.05, 0.1) is 11.4 Å². The lowest BCUT2D eigenvalue weighted by atomic mass is 9.72. The molecule has 146 valence electrons. The highest BCUT2D eigenvalue weighted by atomic mass is 16.1. The van der Waals surface area contributed by atoms with E-state index >= 15 is 0 Å². The zero-order valence-corrected chi connectivity index (χ0v) is 18.3. The van der Waals surface area contributed by atoms with E-state index in [-0.39, 0.29) is 16.6 Å². The molecule has 0 bridgehead atoms. The number of hydrogen-bond donors (Lipinski definition) is 0. The summed E-state index contributed by atoms with van der Waals surface area (Å²) in [6, 6.07) is 8.23. The molecule has 1 aromatic rings. The van der Waals surface area contributed by atoms with E-state index in [0.29, 0.717) is 5.82 Å². The first-order valence-corrected chi connectivity index (χ1v) is 9.83. The molecule has 2 aliphatic rings. The Bertz CT molecular complexity index is 964. The molecule has 3 nitrogen and oxygen atoms in total. The van der Waals surface area contributed by atoms with Gasteiger partial charge in [0.25, 0.3) is 0 Å². The minimum atomic E-state index is -0.242. The Labute approximate surface area is 168 Å². The number of Topliss-reactive ketones (excluding diaryl/α,β-unsaturated/α-hetero) is 1. The monoisotopic (exact) mass is 374 g/mol. The highest BCUT2D eigenvalue weighted by Gasteiger charge is 2.35. The molecule has 0 unspecified atom stereocenters. The Kier molecular flexibility index (Phi) is 4.91. The van der Waals surface area contributed by atoms with E-state index in [4.69, 9.17) is 9.98 Å². The second-order valence-corrected chi connectivity index (χ2v) is 9.70. The number of hydrogen-bond acceptors (Lipinski definition) is 3. The van der Waals surface area contributed by atoms with Crippen LogP contribution in [0.4, 0.5) is 0 Å². The van der Waals surface area contributed by atoms with Gasteiger partial charge in [-0.25, -0.2) is 9.98 Å². The molecule has 0 amide bonds. The fourth-order valence-electron chi connectivity index (χ4n) is 3.52. The third-order valence-corrected chi connectivity index (χ3v) is 5.20. The van der Waals surface area contributed by atoms with Gasteiger partial charge in [-0.05, 0) is 42.4 Å². The number of carbonyl (C=O) groups is 1. The molecule has 3 rings (SSSR count). The van der Waals surface area contributed by atoms with E-state index in [2.05, 4.69) is 60.6 Å². The summed E-state index contributed by atoms with van der Waals surface area (Å²) in [5.41, 5.74) is 6.16. The molecule has 0 fully saturated rings. The zero-order chi connectivity index (χ0) is 20.9. The topological polar surface area (TPSA) is 41.8 Å². The van der Waals surface area contributed by atoms with Gasteiger partial charge in [0.2, 0.25) is 0 Å². The SMILES string of the molecule is CC1=NC(=C2C=C(C(C)(C)C)C(=O)C(C(C)(C)C)=C2)N=C1c1ccccc1C. The van der Waals surface area contributed by atoms with Crippen LogP contribution in [-0.2, 0) is 4.79 Å². The Hall–Kier alpha value is -2.55. The molecular formula is C25H30N2O. The maximum absolute atomic E-state index is 13.1. The number of rotatable bonds is 1. The van der Waals surface area contributed by atoms with Gasteiger partial charge >= 0.3 is 0 Å². The van der Waals surface area contributed by atoms with Crippen molar-refractivity contribution in [1.29, 1.82) is 0 Å². The fourth-order valence-corrected chi connectivity index (χ4v) is 3.52. The fraction of sp³-hybridized carbons (Fsp3) is 0.400. The largest absolute Gasteiger partial charge is 0.289 e. The van der Waals surface area contributed by atoms with Crippen molar-refractivity contribution in [2.24, 2.45) is 20.8 Å². The van der Waals surface area contributed by atoms with Crippen LogP contribution in [0.25, 0.3) is 0 Å². The first-order valence-electron chi connectivity index (χ1n) is 9.83. The summed E-state index contributed by atoms with van der Waals surface area (Å²) in [5.74, 6) is 0.818. The van der Waals surface area contributed by atoms with Crippen LogP contribution in [0.1, 0.15) is 59.6 Å². The Morgan fingerprint density at radius 3 is 1.82 bits per heavy atom. The third kappa shape index (κ3) is 3.71. The average molecular weight is 375 g/mol. The van der Waals surface area contributed by atoms with Crippen LogP contribution in [0, 0.1) is 17.8 Å². The van der Waals surface area contributed by atoms with Crippen molar-refractivity contribution in [2.75, 3.05) is 0 Å². The molecule has 1 aliphatic heterocycles. The predicted octanol–water partition coefficient (Wildman–Crippen LogP) is 6.00. The summed E-state index contributed by atoms with van der Waals surface area (Å²) < 4.78 is 0. The smallest absolute Gasteiger partial charge is 0.186 e. The van der Waals surface area contributed by atoms with Crippen LogP contribution in [0.2, 0.25) is 0 Å². The normalized spacial score (nSPS) is 18.1. The van der Waals surface area contributed by atoms with Crippen LogP contribution in [0.15, 0.2) is 68.9 Å². The summed E-state index contributed by atoms with van der Waals surface area (Å²) in [6.07, 6.45) is 3.96. The van der Waals surface area contributed by atoms with Crippen molar-refractivity contribution < 1.29 is 4.79 Å². The molecule has 0 spiro atoms. The van der Waals surface area contributed by atoms with Gasteiger partial charge in [-0.1, -0.05) is 65.8 Å². The average Bonchev–Trinajstić information content (AvgIpc) is 2.95. The third-order valence-electron chi connectivity index (χ3n) is 5.20. The van der Waals surface area contributed by atoms with Crippen LogP contribution in [0.5, 0.6) is 0 Å². The van der Waals surface area contributed by atoms with Crippen LogP contribution < -0.4 is 0 Å². The van der Waals surface area contributed by atoms with Crippen molar-refractivity contribution in [2.45, 2.75) is 55.4 Å². The summed E-state index contributed by atoms with van der Waals surface area (Å²) in [7, 11) is 0.